The van der Waals surface area contributed by atoms with Gasteiger partial charge in [-0.05, 0) is 30.6 Å². The Balaban J connectivity index is 2.49. The zero-order valence-corrected chi connectivity index (χ0v) is 11.9. The summed E-state index contributed by atoms with van der Waals surface area (Å²) in [6, 6.07) is -0.718. The maximum atomic E-state index is 10.7. The van der Waals surface area contributed by atoms with E-state index < -0.39 is 12.0 Å². The molecule has 4 heteroatoms. The molecular weight excluding hydrogens is 234 g/mol. The molecular formula is C13H25NO2S. The van der Waals surface area contributed by atoms with E-state index in [2.05, 4.69) is 20.8 Å². The maximum absolute atomic E-state index is 10.7. The van der Waals surface area contributed by atoms with Gasteiger partial charge in [0.15, 0.2) is 0 Å². The quantitative estimate of drug-likeness (QED) is 0.796. The van der Waals surface area contributed by atoms with Crippen LogP contribution < -0.4 is 5.73 Å². The van der Waals surface area contributed by atoms with Gasteiger partial charge in [-0.2, -0.15) is 11.8 Å². The fourth-order valence-corrected chi connectivity index (χ4v) is 4.36. The molecule has 1 aliphatic carbocycles. The van der Waals surface area contributed by atoms with Crippen molar-refractivity contribution in [3.8, 4) is 0 Å². The third-order valence-corrected chi connectivity index (χ3v) is 5.29. The molecule has 0 aromatic heterocycles. The SMILES string of the molecule is CC(C)[C@@H]1CC[C@@H](C)C[C@@H]1SC[C@H](N)C(=O)O. The summed E-state index contributed by atoms with van der Waals surface area (Å²) < 4.78 is 0. The number of carboxylic acid groups (broad SMARTS) is 1. The predicted octanol–water partition coefficient (Wildman–Crippen LogP) is 2.59. The summed E-state index contributed by atoms with van der Waals surface area (Å²) in [5.74, 6) is 1.82. The van der Waals surface area contributed by atoms with E-state index in [1.165, 1.54) is 19.3 Å². The van der Waals surface area contributed by atoms with E-state index in [-0.39, 0.29) is 0 Å². The smallest absolute Gasteiger partial charge is 0.321 e. The maximum Gasteiger partial charge on any atom is 0.321 e. The van der Waals surface area contributed by atoms with Gasteiger partial charge in [0, 0.05) is 11.0 Å². The molecule has 100 valence electrons. The van der Waals surface area contributed by atoms with Gasteiger partial charge in [-0.25, -0.2) is 0 Å². The van der Waals surface area contributed by atoms with Gasteiger partial charge >= 0.3 is 5.97 Å². The Hall–Kier alpha value is -0.220. The molecule has 1 saturated carbocycles. The summed E-state index contributed by atoms with van der Waals surface area (Å²) >= 11 is 1.77. The van der Waals surface area contributed by atoms with Gasteiger partial charge in [0.25, 0.3) is 0 Å². The fourth-order valence-electron chi connectivity index (χ4n) is 2.60. The van der Waals surface area contributed by atoms with Crippen molar-refractivity contribution in [2.45, 2.75) is 51.3 Å². The molecule has 0 amide bonds. The van der Waals surface area contributed by atoms with E-state index in [4.69, 9.17) is 10.8 Å². The number of thioether (sulfide) groups is 1. The Kier molecular flexibility index (Phi) is 5.80. The molecule has 1 fully saturated rings. The molecule has 0 aliphatic heterocycles. The molecule has 0 radical (unpaired) electrons. The van der Waals surface area contributed by atoms with Crippen LogP contribution in [0, 0.1) is 17.8 Å². The molecule has 0 unspecified atom stereocenters. The number of nitrogens with two attached hydrogens (primary N) is 1. The van der Waals surface area contributed by atoms with Crippen molar-refractivity contribution in [2.75, 3.05) is 5.75 Å². The Morgan fingerprint density at radius 3 is 2.65 bits per heavy atom. The second kappa shape index (κ2) is 6.64. The van der Waals surface area contributed by atoms with Crippen LogP contribution in [0.5, 0.6) is 0 Å². The molecule has 0 spiro atoms. The van der Waals surface area contributed by atoms with Crippen molar-refractivity contribution >= 4 is 17.7 Å². The summed E-state index contributed by atoms with van der Waals surface area (Å²) in [5, 5.41) is 9.39. The second-order valence-corrected chi connectivity index (χ2v) is 6.91. The largest absolute Gasteiger partial charge is 0.480 e. The van der Waals surface area contributed by atoms with E-state index in [1.54, 1.807) is 11.8 Å². The average Bonchev–Trinajstić information content (AvgIpc) is 2.25. The van der Waals surface area contributed by atoms with Crippen molar-refractivity contribution in [1.29, 1.82) is 0 Å². The van der Waals surface area contributed by atoms with E-state index in [1.807, 2.05) is 0 Å². The van der Waals surface area contributed by atoms with Crippen LogP contribution in [0.2, 0.25) is 0 Å². The minimum atomic E-state index is -0.887. The molecule has 1 aliphatic rings. The van der Waals surface area contributed by atoms with Crippen LogP contribution in [0.4, 0.5) is 0 Å². The van der Waals surface area contributed by atoms with Crippen molar-refractivity contribution < 1.29 is 9.90 Å². The first-order valence-corrected chi connectivity index (χ1v) is 7.56. The highest BCUT2D eigenvalue weighted by Gasteiger charge is 2.31. The second-order valence-electron chi connectivity index (χ2n) is 5.64. The number of hydrogen-bond donors (Lipinski definition) is 2. The minimum Gasteiger partial charge on any atom is -0.480 e. The van der Waals surface area contributed by atoms with Crippen LogP contribution in [-0.4, -0.2) is 28.1 Å². The van der Waals surface area contributed by atoms with Crippen molar-refractivity contribution in [3.63, 3.8) is 0 Å². The molecule has 1 rings (SSSR count). The van der Waals surface area contributed by atoms with Crippen LogP contribution in [0.25, 0.3) is 0 Å². The Morgan fingerprint density at radius 1 is 1.47 bits per heavy atom. The third-order valence-electron chi connectivity index (χ3n) is 3.77. The van der Waals surface area contributed by atoms with Crippen molar-refractivity contribution in [3.05, 3.63) is 0 Å². The number of hydrogen-bond acceptors (Lipinski definition) is 3. The summed E-state index contributed by atoms with van der Waals surface area (Å²) in [5.41, 5.74) is 5.57. The normalized spacial score (nSPS) is 31.5. The summed E-state index contributed by atoms with van der Waals surface area (Å²) in [6.45, 7) is 6.83. The van der Waals surface area contributed by atoms with E-state index in [0.29, 0.717) is 16.9 Å². The van der Waals surface area contributed by atoms with Gasteiger partial charge in [0.1, 0.15) is 6.04 Å². The Morgan fingerprint density at radius 2 is 2.12 bits per heavy atom. The van der Waals surface area contributed by atoms with Gasteiger partial charge in [-0.15, -0.1) is 0 Å². The van der Waals surface area contributed by atoms with Gasteiger partial charge in [-0.3, -0.25) is 4.79 Å². The molecule has 0 heterocycles. The van der Waals surface area contributed by atoms with Gasteiger partial charge in [-0.1, -0.05) is 27.2 Å². The number of carbonyl (C=O) groups is 1. The number of carboxylic acids is 1. The predicted molar refractivity (Wildman–Crippen MR) is 73.2 cm³/mol. The molecule has 3 nitrogen and oxygen atoms in total. The van der Waals surface area contributed by atoms with E-state index in [9.17, 15) is 4.79 Å². The van der Waals surface area contributed by atoms with Crippen LogP contribution in [-0.2, 0) is 4.79 Å². The minimum absolute atomic E-state index is 0.538. The van der Waals surface area contributed by atoms with Gasteiger partial charge < -0.3 is 10.8 Å². The molecule has 0 bridgehead atoms. The Labute approximate surface area is 109 Å². The molecule has 0 saturated heterocycles. The van der Waals surface area contributed by atoms with Crippen LogP contribution in [0.1, 0.15) is 40.0 Å². The molecule has 3 N–H and O–H groups in total. The highest BCUT2D eigenvalue weighted by molar-refractivity contribution is 8.00. The lowest BCUT2D eigenvalue weighted by molar-refractivity contribution is -0.137. The summed E-state index contributed by atoms with van der Waals surface area (Å²) in [6.07, 6.45) is 3.80. The van der Waals surface area contributed by atoms with E-state index in [0.717, 1.165) is 11.8 Å². The first-order chi connectivity index (χ1) is 7.91. The molecule has 17 heavy (non-hydrogen) atoms. The number of rotatable bonds is 5. The lowest BCUT2D eigenvalue weighted by Gasteiger charge is -2.37. The van der Waals surface area contributed by atoms with E-state index >= 15 is 0 Å². The van der Waals surface area contributed by atoms with Crippen LogP contribution >= 0.6 is 11.8 Å². The summed E-state index contributed by atoms with van der Waals surface area (Å²) in [7, 11) is 0. The highest BCUT2D eigenvalue weighted by atomic mass is 32.2. The molecule has 0 aromatic rings. The zero-order chi connectivity index (χ0) is 13.0. The lowest BCUT2D eigenvalue weighted by Crippen LogP contribution is -2.36. The van der Waals surface area contributed by atoms with Crippen LogP contribution in [0.15, 0.2) is 0 Å². The van der Waals surface area contributed by atoms with Gasteiger partial charge in [0.05, 0.1) is 0 Å². The standard InChI is InChI=1S/C13H25NO2S/c1-8(2)10-5-4-9(3)6-12(10)17-7-11(14)13(15)16/h8-12H,4-7,14H2,1-3H3,(H,15,16)/t9-,10+,11+,12+/m1/s1. The summed E-state index contributed by atoms with van der Waals surface area (Å²) in [4.78, 5) is 10.7. The lowest BCUT2D eigenvalue weighted by atomic mass is 9.77. The molecule has 0 aromatic carbocycles. The monoisotopic (exact) mass is 259 g/mol. The zero-order valence-electron chi connectivity index (χ0n) is 11.1. The van der Waals surface area contributed by atoms with Gasteiger partial charge in [0.2, 0.25) is 0 Å². The topological polar surface area (TPSA) is 63.3 Å². The highest BCUT2D eigenvalue weighted by Crippen LogP contribution is 2.40. The number of aliphatic carboxylic acids is 1. The van der Waals surface area contributed by atoms with Crippen molar-refractivity contribution in [2.24, 2.45) is 23.5 Å². The fraction of sp³-hybridized carbons (Fsp3) is 0.923. The molecule has 4 atom stereocenters. The van der Waals surface area contributed by atoms with Crippen LogP contribution in [0.3, 0.4) is 0 Å². The third kappa shape index (κ3) is 4.51. The first-order valence-electron chi connectivity index (χ1n) is 6.51. The average molecular weight is 259 g/mol. The van der Waals surface area contributed by atoms with Crippen molar-refractivity contribution in [1.82, 2.24) is 0 Å². The Bertz CT molecular complexity index is 258. The first kappa shape index (κ1) is 14.8.